The fourth-order valence-electron chi connectivity index (χ4n) is 3.07. The Labute approximate surface area is 125 Å². The number of thioether (sulfide) groups is 1. The summed E-state index contributed by atoms with van der Waals surface area (Å²) >= 11 is 2.06. The van der Waals surface area contributed by atoms with Crippen molar-refractivity contribution in [2.24, 2.45) is 0 Å². The molecular formula is C16H23FN2S. The van der Waals surface area contributed by atoms with Crippen LogP contribution in [0.15, 0.2) is 24.3 Å². The highest BCUT2D eigenvalue weighted by molar-refractivity contribution is 7.99. The highest BCUT2D eigenvalue weighted by Crippen LogP contribution is 2.36. The van der Waals surface area contributed by atoms with Crippen molar-refractivity contribution in [2.75, 3.05) is 37.7 Å². The maximum atomic E-state index is 13.2. The van der Waals surface area contributed by atoms with E-state index in [1.165, 1.54) is 37.2 Å². The van der Waals surface area contributed by atoms with Crippen LogP contribution in [-0.4, -0.2) is 48.6 Å². The Kier molecular flexibility index (Phi) is 4.97. The van der Waals surface area contributed by atoms with Gasteiger partial charge < -0.3 is 10.2 Å². The van der Waals surface area contributed by atoms with Gasteiger partial charge in [-0.05, 0) is 36.5 Å². The number of benzene rings is 1. The van der Waals surface area contributed by atoms with Gasteiger partial charge in [-0.3, -0.25) is 0 Å². The summed E-state index contributed by atoms with van der Waals surface area (Å²) in [4.78, 5) is 2.55. The second kappa shape index (κ2) is 6.92. The molecule has 1 aromatic rings. The van der Waals surface area contributed by atoms with Gasteiger partial charge >= 0.3 is 0 Å². The standard InChI is InChI=1S/C16H23FN2S/c17-15-3-1-2-13(10-15)14-11-16(12-14)18-4-5-19-6-8-20-9-7-19/h1-3,10,14,16,18H,4-9,11-12H2. The smallest absolute Gasteiger partial charge is 0.123 e. The van der Waals surface area contributed by atoms with Crippen molar-refractivity contribution in [1.82, 2.24) is 10.2 Å². The van der Waals surface area contributed by atoms with Crippen LogP contribution in [-0.2, 0) is 0 Å². The molecule has 1 aliphatic carbocycles. The van der Waals surface area contributed by atoms with Crippen molar-refractivity contribution < 1.29 is 4.39 Å². The summed E-state index contributed by atoms with van der Waals surface area (Å²) in [7, 11) is 0. The van der Waals surface area contributed by atoms with E-state index in [2.05, 4.69) is 28.0 Å². The molecule has 110 valence electrons. The Morgan fingerprint density at radius 1 is 1.25 bits per heavy atom. The van der Waals surface area contributed by atoms with Crippen LogP contribution in [0.25, 0.3) is 0 Å². The van der Waals surface area contributed by atoms with Crippen molar-refractivity contribution in [2.45, 2.75) is 24.8 Å². The van der Waals surface area contributed by atoms with Gasteiger partial charge in [0.15, 0.2) is 0 Å². The Bertz CT molecular complexity index is 428. The largest absolute Gasteiger partial charge is 0.313 e. The first-order valence-electron chi connectivity index (χ1n) is 7.60. The Morgan fingerprint density at radius 2 is 2.05 bits per heavy atom. The lowest BCUT2D eigenvalue weighted by Crippen LogP contribution is -2.44. The minimum Gasteiger partial charge on any atom is -0.313 e. The Hall–Kier alpha value is -0.580. The summed E-state index contributed by atoms with van der Waals surface area (Å²) in [6.07, 6.45) is 2.30. The molecule has 3 rings (SSSR count). The summed E-state index contributed by atoms with van der Waals surface area (Å²) in [5.74, 6) is 3.01. The van der Waals surface area contributed by atoms with Crippen molar-refractivity contribution >= 4 is 11.8 Å². The highest BCUT2D eigenvalue weighted by Gasteiger charge is 2.29. The molecule has 1 N–H and O–H groups in total. The molecule has 0 radical (unpaired) electrons. The quantitative estimate of drug-likeness (QED) is 0.899. The van der Waals surface area contributed by atoms with Crippen LogP contribution >= 0.6 is 11.8 Å². The van der Waals surface area contributed by atoms with E-state index in [4.69, 9.17) is 0 Å². The van der Waals surface area contributed by atoms with Gasteiger partial charge in [-0.1, -0.05) is 12.1 Å². The molecule has 1 heterocycles. The van der Waals surface area contributed by atoms with Crippen molar-refractivity contribution in [3.8, 4) is 0 Å². The van der Waals surface area contributed by atoms with Gasteiger partial charge in [0.1, 0.15) is 5.82 Å². The topological polar surface area (TPSA) is 15.3 Å². The lowest BCUT2D eigenvalue weighted by Gasteiger charge is -2.37. The first kappa shape index (κ1) is 14.4. The van der Waals surface area contributed by atoms with Crippen LogP contribution < -0.4 is 5.32 Å². The normalized spacial score (nSPS) is 27.2. The predicted octanol–water partition coefficient (Wildman–Crippen LogP) is 2.71. The fraction of sp³-hybridized carbons (Fsp3) is 0.625. The van der Waals surface area contributed by atoms with Crippen molar-refractivity contribution in [3.05, 3.63) is 35.6 Å². The molecule has 20 heavy (non-hydrogen) atoms. The van der Waals surface area contributed by atoms with Gasteiger partial charge in [0.2, 0.25) is 0 Å². The van der Waals surface area contributed by atoms with E-state index in [0.29, 0.717) is 12.0 Å². The zero-order valence-electron chi connectivity index (χ0n) is 11.9. The van der Waals surface area contributed by atoms with Crippen LogP contribution in [0.5, 0.6) is 0 Å². The molecule has 1 aromatic carbocycles. The maximum absolute atomic E-state index is 13.2. The number of nitrogens with zero attached hydrogens (tertiary/aromatic N) is 1. The number of rotatable bonds is 5. The van der Waals surface area contributed by atoms with E-state index in [-0.39, 0.29) is 5.82 Å². The van der Waals surface area contributed by atoms with E-state index in [0.717, 1.165) is 24.9 Å². The van der Waals surface area contributed by atoms with Gasteiger partial charge in [0.05, 0.1) is 0 Å². The molecule has 4 heteroatoms. The van der Waals surface area contributed by atoms with Crippen LogP contribution in [0.2, 0.25) is 0 Å². The van der Waals surface area contributed by atoms with Gasteiger partial charge in [-0.15, -0.1) is 0 Å². The molecule has 0 bridgehead atoms. The second-order valence-electron chi connectivity index (χ2n) is 5.83. The first-order valence-corrected chi connectivity index (χ1v) is 8.75. The minimum absolute atomic E-state index is 0.109. The summed E-state index contributed by atoms with van der Waals surface area (Å²) in [6, 6.07) is 7.71. The van der Waals surface area contributed by atoms with Crippen LogP contribution in [0.3, 0.4) is 0 Å². The van der Waals surface area contributed by atoms with Crippen LogP contribution in [0.4, 0.5) is 4.39 Å². The molecule has 1 saturated heterocycles. The first-order chi connectivity index (χ1) is 9.81. The number of nitrogens with one attached hydrogen (secondary N) is 1. The average Bonchev–Trinajstić information content (AvgIpc) is 2.42. The Balaban J connectivity index is 1.34. The summed E-state index contributed by atoms with van der Waals surface area (Å²) in [6.45, 7) is 4.73. The minimum atomic E-state index is -0.109. The van der Waals surface area contributed by atoms with Crippen molar-refractivity contribution in [3.63, 3.8) is 0 Å². The zero-order chi connectivity index (χ0) is 13.8. The van der Waals surface area contributed by atoms with E-state index in [1.54, 1.807) is 6.07 Å². The Morgan fingerprint density at radius 3 is 2.80 bits per heavy atom. The summed E-state index contributed by atoms with van der Waals surface area (Å²) < 4.78 is 13.2. The maximum Gasteiger partial charge on any atom is 0.123 e. The summed E-state index contributed by atoms with van der Waals surface area (Å²) in [5, 5.41) is 3.64. The van der Waals surface area contributed by atoms with E-state index in [9.17, 15) is 4.39 Å². The summed E-state index contributed by atoms with van der Waals surface area (Å²) in [5.41, 5.74) is 1.16. The number of hydrogen-bond acceptors (Lipinski definition) is 3. The van der Waals surface area contributed by atoms with Crippen LogP contribution in [0, 0.1) is 5.82 Å². The van der Waals surface area contributed by atoms with E-state index >= 15 is 0 Å². The second-order valence-corrected chi connectivity index (χ2v) is 7.05. The highest BCUT2D eigenvalue weighted by atomic mass is 32.2. The third kappa shape index (κ3) is 3.74. The van der Waals surface area contributed by atoms with Gasteiger partial charge in [0, 0.05) is 43.7 Å². The predicted molar refractivity (Wildman–Crippen MR) is 83.9 cm³/mol. The third-order valence-electron chi connectivity index (χ3n) is 4.42. The molecular weight excluding hydrogens is 271 g/mol. The molecule has 0 atom stereocenters. The van der Waals surface area contributed by atoms with E-state index < -0.39 is 0 Å². The molecule has 2 nitrogen and oxygen atoms in total. The van der Waals surface area contributed by atoms with Gasteiger partial charge in [0.25, 0.3) is 0 Å². The SMILES string of the molecule is Fc1cccc(C2CC(NCCN3CCSCC3)C2)c1. The van der Waals surface area contributed by atoms with E-state index in [1.807, 2.05) is 6.07 Å². The monoisotopic (exact) mass is 294 g/mol. The molecule has 0 aromatic heterocycles. The zero-order valence-corrected chi connectivity index (χ0v) is 12.7. The molecule has 2 aliphatic rings. The number of hydrogen-bond donors (Lipinski definition) is 1. The molecule has 1 aliphatic heterocycles. The lowest BCUT2D eigenvalue weighted by molar-refractivity contribution is 0.255. The molecule has 0 spiro atoms. The van der Waals surface area contributed by atoms with Crippen LogP contribution in [0.1, 0.15) is 24.3 Å². The molecule has 0 unspecified atom stereocenters. The molecule has 2 fully saturated rings. The average molecular weight is 294 g/mol. The van der Waals surface area contributed by atoms with Gasteiger partial charge in [-0.2, -0.15) is 11.8 Å². The lowest BCUT2D eigenvalue weighted by atomic mass is 9.76. The molecule has 0 amide bonds. The number of halogens is 1. The fourth-order valence-corrected chi connectivity index (χ4v) is 4.05. The molecule has 1 saturated carbocycles. The van der Waals surface area contributed by atoms with Crippen molar-refractivity contribution in [1.29, 1.82) is 0 Å². The van der Waals surface area contributed by atoms with Gasteiger partial charge in [-0.25, -0.2) is 4.39 Å². The third-order valence-corrected chi connectivity index (χ3v) is 5.37.